The number of aryl methyl sites for hydroxylation is 1. The SMILES string of the molecule is Cc1ccc(NC(=O)CN2CCN(CCCOCC(F)(F)F)CC2)cc1Cl. The lowest BCUT2D eigenvalue weighted by atomic mass is 10.2. The Kier molecular flexibility index (Phi) is 8.34. The van der Waals surface area contributed by atoms with Crippen molar-refractivity contribution < 1.29 is 22.7 Å². The van der Waals surface area contributed by atoms with E-state index >= 15 is 0 Å². The van der Waals surface area contributed by atoms with Crippen LogP contribution < -0.4 is 5.32 Å². The lowest BCUT2D eigenvalue weighted by Gasteiger charge is -2.34. The van der Waals surface area contributed by atoms with Crippen LogP contribution in [0, 0.1) is 6.92 Å². The lowest BCUT2D eigenvalue weighted by molar-refractivity contribution is -0.174. The van der Waals surface area contributed by atoms with Crippen molar-refractivity contribution in [3.05, 3.63) is 28.8 Å². The molecule has 1 saturated heterocycles. The summed E-state index contributed by atoms with van der Waals surface area (Å²) in [5, 5.41) is 3.45. The van der Waals surface area contributed by atoms with Gasteiger partial charge in [-0.25, -0.2) is 0 Å². The average Bonchev–Trinajstić information content (AvgIpc) is 2.58. The van der Waals surface area contributed by atoms with Crippen molar-refractivity contribution in [2.45, 2.75) is 19.5 Å². The van der Waals surface area contributed by atoms with E-state index in [0.717, 1.165) is 31.7 Å². The summed E-state index contributed by atoms with van der Waals surface area (Å²) >= 11 is 6.06. The van der Waals surface area contributed by atoms with Gasteiger partial charge in [-0.2, -0.15) is 13.2 Å². The number of hydrogen-bond acceptors (Lipinski definition) is 4. The van der Waals surface area contributed by atoms with E-state index in [1.807, 2.05) is 19.1 Å². The Labute approximate surface area is 162 Å². The Balaban J connectivity index is 1.61. The van der Waals surface area contributed by atoms with E-state index in [1.165, 1.54) is 0 Å². The topological polar surface area (TPSA) is 44.8 Å². The summed E-state index contributed by atoms with van der Waals surface area (Å²) in [6.45, 7) is 4.84. The number of hydrogen-bond donors (Lipinski definition) is 1. The van der Waals surface area contributed by atoms with Crippen LogP contribution in [0.4, 0.5) is 18.9 Å². The molecule has 0 aliphatic carbocycles. The Hall–Kier alpha value is -1.35. The number of nitrogens with zero attached hydrogens (tertiary/aromatic N) is 2. The van der Waals surface area contributed by atoms with Gasteiger partial charge in [-0.1, -0.05) is 17.7 Å². The molecule has 1 aliphatic rings. The van der Waals surface area contributed by atoms with Crippen molar-refractivity contribution in [2.24, 2.45) is 0 Å². The van der Waals surface area contributed by atoms with Gasteiger partial charge in [0.15, 0.2) is 0 Å². The molecule has 1 amide bonds. The second kappa shape index (κ2) is 10.3. The molecule has 1 aliphatic heterocycles. The maximum absolute atomic E-state index is 12.2. The number of halogens is 4. The van der Waals surface area contributed by atoms with E-state index in [0.29, 0.717) is 30.2 Å². The molecule has 1 aromatic rings. The van der Waals surface area contributed by atoms with Gasteiger partial charge < -0.3 is 15.0 Å². The largest absolute Gasteiger partial charge is 0.411 e. The molecule has 0 spiro atoms. The molecule has 1 aromatic carbocycles. The van der Waals surface area contributed by atoms with E-state index in [4.69, 9.17) is 11.6 Å². The zero-order valence-electron chi connectivity index (χ0n) is 15.3. The van der Waals surface area contributed by atoms with Crippen LogP contribution in [0.1, 0.15) is 12.0 Å². The fourth-order valence-corrected chi connectivity index (χ4v) is 3.00. The molecule has 0 unspecified atom stereocenters. The minimum absolute atomic E-state index is 0.0936. The van der Waals surface area contributed by atoms with E-state index in [-0.39, 0.29) is 12.5 Å². The number of rotatable bonds is 8. The summed E-state index contributed by atoms with van der Waals surface area (Å²) in [7, 11) is 0. The van der Waals surface area contributed by atoms with Crippen LogP contribution in [-0.2, 0) is 9.53 Å². The highest BCUT2D eigenvalue weighted by Gasteiger charge is 2.27. The molecule has 9 heteroatoms. The minimum Gasteiger partial charge on any atom is -0.372 e. The smallest absolute Gasteiger partial charge is 0.372 e. The standard InChI is InChI=1S/C18H25ClF3N3O2/c1-14-3-4-15(11-16(14)19)23-17(26)12-25-8-6-24(7-9-25)5-2-10-27-13-18(20,21)22/h3-4,11H,2,5-10,12-13H2,1H3,(H,23,26). The Morgan fingerprint density at radius 2 is 1.89 bits per heavy atom. The molecular formula is C18H25ClF3N3O2. The average molecular weight is 408 g/mol. The van der Waals surface area contributed by atoms with Gasteiger partial charge in [0.1, 0.15) is 6.61 Å². The van der Waals surface area contributed by atoms with Gasteiger partial charge in [0.05, 0.1) is 6.54 Å². The van der Waals surface area contributed by atoms with Gasteiger partial charge in [0, 0.05) is 50.0 Å². The zero-order chi connectivity index (χ0) is 19.9. The molecular weight excluding hydrogens is 383 g/mol. The molecule has 0 saturated carbocycles. The molecule has 27 heavy (non-hydrogen) atoms. The van der Waals surface area contributed by atoms with Crippen LogP contribution in [-0.4, -0.2) is 74.4 Å². The van der Waals surface area contributed by atoms with Crippen LogP contribution in [0.2, 0.25) is 5.02 Å². The molecule has 2 rings (SSSR count). The molecule has 1 fully saturated rings. The molecule has 0 bridgehead atoms. The first-order valence-corrected chi connectivity index (χ1v) is 9.26. The number of ether oxygens (including phenoxy) is 1. The summed E-state index contributed by atoms with van der Waals surface area (Å²) in [5.41, 5.74) is 1.63. The van der Waals surface area contributed by atoms with Crippen molar-refractivity contribution in [3.63, 3.8) is 0 Å². The fourth-order valence-electron chi connectivity index (χ4n) is 2.82. The second-order valence-electron chi connectivity index (χ2n) is 6.65. The van der Waals surface area contributed by atoms with Gasteiger partial charge in [-0.3, -0.25) is 9.69 Å². The van der Waals surface area contributed by atoms with Crippen LogP contribution in [0.3, 0.4) is 0 Å². The number of carbonyl (C=O) groups excluding carboxylic acids is 1. The monoisotopic (exact) mass is 407 g/mol. The van der Waals surface area contributed by atoms with Crippen LogP contribution in [0.25, 0.3) is 0 Å². The van der Waals surface area contributed by atoms with Crippen molar-refractivity contribution in [1.29, 1.82) is 0 Å². The molecule has 152 valence electrons. The second-order valence-corrected chi connectivity index (χ2v) is 7.06. The van der Waals surface area contributed by atoms with E-state index in [2.05, 4.69) is 19.9 Å². The first-order chi connectivity index (χ1) is 12.7. The van der Waals surface area contributed by atoms with Gasteiger partial charge in [-0.05, 0) is 31.0 Å². The molecule has 1 heterocycles. The highest BCUT2D eigenvalue weighted by Crippen LogP contribution is 2.20. The van der Waals surface area contributed by atoms with Crippen LogP contribution in [0.5, 0.6) is 0 Å². The third kappa shape index (κ3) is 8.47. The first-order valence-electron chi connectivity index (χ1n) is 8.88. The quantitative estimate of drug-likeness (QED) is 0.672. The number of alkyl halides is 3. The summed E-state index contributed by atoms with van der Waals surface area (Å²) < 4.78 is 40.5. The lowest BCUT2D eigenvalue weighted by Crippen LogP contribution is -2.48. The third-order valence-corrected chi connectivity index (χ3v) is 4.72. The number of benzene rings is 1. The summed E-state index contributed by atoms with van der Waals surface area (Å²) in [6, 6.07) is 5.40. The Morgan fingerprint density at radius 3 is 2.52 bits per heavy atom. The summed E-state index contributed by atoms with van der Waals surface area (Å²) in [5.74, 6) is -0.0936. The molecule has 0 atom stereocenters. The van der Waals surface area contributed by atoms with Gasteiger partial charge in [0.2, 0.25) is 5.91 Å². The Morgan fingerprint density at radius 1 is 1.22 bits per heavy atom. The van der Waals surface area contributed by atoms with Crippen molar-refractivity contribution in [2.75, 3.05) is 57.8 Å². The summed E-state index contributed by atoms with van der Waals surface area (Å²) in [4.78, 5) is 16.4. The highest BCUT2D eigenvalue weighted by molar-refractivity contribution is 6.31. The van der Waals surface area contributed by atoms with Crippen molar-refractivity contribution >= 4 is 23.2 Å². The van der Waals surface area contributed by atoms with Crippen molar-refractivity contribution in [1.82, 2.24) is 9.80 Å². The van der Waals surface area contributed by atoms with Crippen LogP contribution in [0.15, 0.2) is 18.2 Å². The maximum atomic E-state index is 12.2. The molecule has 5 nitrogen and oxygen atoms in total. The number of piperazine rings is 1. The van der Waals surface area contributed by atoms with Crippen LogP contribution >= 0.6 is 11.6 Å². The zero-order valence-corrected chi connectivity index (χ0v) is 16.1. The third-order valence-electron chi connectivity index (χ3n) is 4.32. The number of anilines is 1. The predicted molar refractivity (Wildman–Crippen MR) is 99.2 cm³/mol. The number of carbonyl (C=O) groups is 1. The van der Waals surface area contributed by atoms with E-state index in [9.17, 15) is 18.0 Å². The van der Waals surface area contributed by atoms with E-state index in [1.54, 1.807) is 6.07 Å². The molecule has 0 radical (unpaired) electrons. The minimum atomic E-state index is -4.27. The van der Waals surface area contributed by atoms with Gasteiger partial charge >= 0.3 is 6.18 Å². The van der Waals surface area contributed by atoms with E-state index < -0.39 is 12.8 Å². The van der Waals surface area contributed by atoms with Gasteiger partial charge in [0.25, 0.3) is 0 Å². The predicted octanol–water partition coefficient (Wildman–Crippen LogP) is 3.17. The highest BCUT2D eigenvalue weighted by atomic mass is 35.5. The normalized spacial score (nSPS) is 16.5. The van der Waals surface area contributed by atoms with Crippen molar-refractivity contribution in [3.8, 4) is 0 Å². The first kappa shape index (κ1) is 21.9. The summed E-state index contributed by atoms with van der Waals surface area (Å²) in [6.07, 6.45) is -3.71. The molecule has 1 N–H and O–H groups in total. The maximum Gasteiger partial charge on any atom is 0.411 e. The number of nitrogens with one attached hydrogen (secondary N) is 1. The fraction of sp³-hybridized carbons (Fsp3) is 0.611. The Bertz CT molecular complexity index is 620. The number of amides is 1. The van der Waals surface area contributed by atoms with Gasteiger partial charge in [-0.15, -0.1) is 0 Å². The molecule has 0 aromatic heterocycles.